The van der Waals surface area contributed by atoms with Crippen LogP contribution in [0.4, 0.5) is 9.59 Å². The zero-order valence-corrected chi connectivity index (χ0v) is 34.7. The summed E-state index contributed by atoms with van der Waals surface area (Å²) in [5, 5.41) is 14.8. The summed E-state index contributed by atoms with van der Waals surface area (Å²) in [7, 11) is 1.28. The number of H-pyrrole nitrogens is 2. The number of hydrogen-bond donors (Lipinski definition) is 5. The van der Waals surface area contributed by atoms with Gasteiger partial charge < -0.3 is 45.0 Å². The van der Waals surface area contributed by atoms with Crippen LogP contribution in [0.5, 0.6) is 11.5 Å². The van der Waals surface area contributed by atoms with Gasteiger partial charge in [-0.1, -0.05) is 78.9 Å². The fraction of sp³-hybridized carbons (Fsp3) is 0.265. The SMILES string of the molecule is COC(=O)NC(C(=O)N1[C@@H]2C[C@H]2C[C@H]1c1nc2ccc(Oc3cccc(-c4ccc5nc([C@@H]6C[C@H]7C[C@H]7N6C(=O)C(NC(=O)O)c6ccccc6)[nH]c5c4)c3)cc2[nH]1)c1ccccc1. The van der Waals surface area contributed by atoms with Crippen molar-refractivity contribution >= 4 is 46.1 Å². The summed E-state index contributed by atoms with van der Waals surface area (Å²) in [6.07, 6.45) is 1.42. The number of aromatic nitrogens is 4. The van der Waals surface area contributed by atoms with Crippen LogP contribution in [0.15, 0.2) is 121 Å². The molecule has 2 saturated carbocycles. The predicted molar refractivity (Wildman–Crippen MR) is 235 cm³/mol. The Kier molecular flexibility index (Phi) is 9.55. The highest BCUT2D eigenvalue weighted by molar-refractivity contribution is 5.89. The first kappa shape index (κ1) is 39.2. The molecule has 64 heavy (non-hydrogen) atoms. The third kappa shape index (κ3) is 7.21. The first-order valence-corrected chi connectivity index (χ1v) is 21.5. The Balaban J connectivity index is 0.808. The lowest BCUT2D eigenvalue weighted by Gasteiger charge is -2.30. The van der Waals surface area contributed by atoms with Gasteiger partial charge in [-0.3, -0.25) is 9.59 Å². The molecule has 15 nitrogen and oxygen atoms in total. The standard InChI is InChI=1S/C49H44N8O7/c1-63-49(62)55-43(27-11-6-3-7-12-27)47(59)57-39-22-31(39)24-41(57)45-51-35-18-16-33(25-37(35)53-45)64-32-14-8-13-28(19-32)29-15-17-34-36(20-29)52-44(50-34)40-23-30-21-38(30)56(40)46(58)42(54-48(60)61)26-9-4-2-5-10-26/h2-20,25,30-31,38-43,54H,21-24H2,1H3,(H,50,52)(H,51,53)(H,55,62)(H,60,61)/t30-,31+,38-,39-,40+,41+,42?,43?/m1/s1. The lowest BCUT2D eigenvalue weighted by atomic mass is 10.0. The number of aromatic amines is 2. The topological polar surface area (TPSA) is 195 Å². The van der Waals surface area contributed by atoms with Crippen molar-refractivity contribution in [2.24, 2.45) is 11.8 Å². The molecule has 0 radical (unpaired) electrons. The molecule has 4 fully saturated rings. The number of methoxy groups -OCH3 is 1. The largest absolute Gasteiger partial charge is 0.465 e. The van der Waals surface area contributed by atoms with E-state index >= 15 is 0 Å². The molecule has 2 aromatic heterocycles. The number of amides is 4. The summed E-state index contributed by atoms with van der Waals surface area (Å²) in [5.74, 6) is 2.88. The van der Waals surface area contributed by atoms with Crippen LogP contribution in [0.2, 0.25) is 0 Å². The molecule has 2 saturated heterocycles. The van der Waals surface area contributed by atoms with Gasteiger partial charge in [-0.05, 0) is 96.2 Å². The number of nitrogens with one attached hydrogen (secondary N) is 4. The number of carbonyl (C=O) groups is 4. The Morgan fingerprint density at radius 2 is 1.16 bits per heavy atom. The average molecular weight is 857 g/mol. The lowest BCUT2D eigenvalue weighted by molar-refractivity contribution is -0.136. The summed E-state index contributed by atoms with van der Waals surface area (Å²) in [6, 6.07) is 35.3. The van der Waals surface area contributed by atoms with Crippen molar-refractivity contribution in [2.75, 3.05) is 7.11 Å². The summed E-state index contributed by atoms with van der Waals surface area (Å²) < 4.78 is 11.3. The van der Waals surface area contributed by atoms with E-state index in [1.165, 1.54) is 7.11 Å². The minimum absolute atomic E-state index is 0.0529. The maximum absolute atomic E-state index is 14.2. The molecule has 8 atom stereocenters. The van der Waals surface area contributed by atoms with Crippen LogP contribution in [0, 0.1) is 11.8 Å². The first-order valence-electron chi connectivity index (χ1n) is 21.5. The van der Waals surface area contributed by atoms with Gasteiger partial charge in [0.1, 0.15) is 35.2 Å². The van der Waals surface area contributed by atoms with E-state index in [2.05, 4.69) is 20.6 Å². The smallest absolute Gasteiger partial charge is 0.407 e. The summed E-state index contributed by atoms with van der Waals surface area (Å²) >= 11 is 0. The summed E-state index contributed by atoms with van der Waals surface area (Å²) in [5.41, 5.74) is 6.27. The van der Waals surface area contributed by atoms with Gasteiger partial charge in [0.2, 0.25) is 0 Å². The van der Waals surface area contributed by atoms with Gasteiger partial charge in [-0.25, -0.2) is 19.6 Å². The van der Waals surface area contributed by atoms with Crippen LogP contribution >= 0.6 is 0 Å². The number of carboxylic acid groups (broad SMARTS) is 1. The first-order chi connectivity index (χ1) is 31.2. The lowest BCUT2D eigenvalue weighted by Crippen LogP contribution is -2.44. The number of fused-ring (bicyclic) bond motifs is 4. The zero-order valence-electron chi connectivity index (χ0n) is 34.7. The van der Waals surface area contributed by atoms with E-state index in [4.69, 9.17) is 19.4 Å². The highest BCUT2D eigenvalue weighted by Gasteiger charge is 2.57. The molecule has 0 bridgehead atoms. The van der Waals surface area contributed by atoms with E-state index in [-0.39, 0.29) is 36.0 Å². The van der Waals surface area contributed by atoms with E-state index in [9.17, 15) is 24.3 Å². The van der Waals surface area contributed by atoms with Gasteiger partial charge in [-0.15, -0.1) is 0 Å². The van der Waals surface area contributed by atoms with Crippen LogP contribution in [0.3, 0.4) is 0 Å². The second-order valence-electron chi connectivity index (χ2n) is 17.2. The molecule has 4 amide bonds. The molecule has 0 spiro atoms. The minimum atomic E-state index is -1.26. The molecule has 7 aromatic rings. The fourth-order valence-corrected chi connectivity index (χ4v) is 9.97. The molecule has 4 aliphatic rings. The number of carbonyl (C=O) groups excluding carboxylic acids is 3. The predicted octanol–water partition coefficient (Wildman–Crippen LogP) is 8.33. The Morgan fingerprint density at radius 3 is 1.73 bits per heavy atom. The molecule has 2 unspecified atom stereocenters. The third-order valence-corrected chi connectivity index (χ3v) is 13.2. The van der Waals surface area contributed by atoms with Gasteiger partial charge in [0.15, 0.2) is 0 Å². The summed E-state index contributed by atoms with van der Waals surface area (Å²) in [4.78, 5) is 73.0. The van der Waals surface area contributed by atoms with Gasteiger partial charge in [0.25, 0.3) is 11.8 Å². The second-order valence-corrected chi connectivity index (χ2v) is 17.2. The molecule has 5 aromatic carbocycles. The van der Waals surface area contributed by atoms with E-state index in [0.717, 1.165) is 58.9 Å². The number of nitrogens with zero attached hydrogens (tertiary/aromatic N) is 4. The highest BCUT2D eigenvalue weighted by atomic mass is 16.5. The van der Waals surface area contributed by atoms with Gasteiger partial charge in [-0.2, -0.15) is 0 Å². The number of alkyl carbamates (subject to hydrolysis) is 1. The maximum atomic E-state index is 14.2. The van der Waals surface area contributed by atoms with Crippen molar-refractivity contribution < 1.29 is 33.8 Å². The van der Waals surface area contributed by atoms with E-state index in [1.54, 1.807) is 24.3 Å². The van der Waals surface area contributed by atoms with E-state index < -0.39 is 24.3 Å². The Labute approximate surface area is 366 Å². The van der Waals surface area contributed by atoms with Gasteiger partial charge in [0.05, 0.1) is 41.3 Å². The van der Waals surface area contributed by atoms with Crippen LogP contribution < -0.4 is 15.4 Å². The van der Waals surface area contributed by atoms with Crippen molar-refractivity contribution in [3.63, 3.8) is 0 Å². The molecular weight excluding hydrogens is 813 g/mol. The molecule has 2 aliphatic carbocycles. The maximum Gasteiger partial charge on any atom is 0.407 e. The van der Waals surface area contributed by atoms with Crippen molar-refractivity contribution in [1.82, 2.24) is 40.4 Å². The number of rotatable bonds is 11. The fourth-order valence-electron chi connectivity index (χ4n) is 9.97. The van der Waals surface area contributed by atoms with Gasteiger partial charge in [0, 0.05) is 18.2 Å². The van der Waals surface area contributed by atoms with Crippen LogP contribution in [-0.2, 0) is 14.3 Å². The molecule has 5 N–H and O–H groups in total. The number of hydrogen-bond acceptors (Lipinski definition) is 8. The van der Waals surface area contributed by atoms with Crippen LogP contribution in [0.25, 0.3) is 33.2 Å². The molecule has 4 heterocycles. The highest BCUT2D eigenvalue weighted by Crippen LogP contribution is 2.55. The molecule has 11 rings (SSSR count). The Bertz CT molecular complexity index is 2950. The van der Waals surface area contributed by atoms with Crippen molar-refractivity contribution in [2.45, 2.75) is 61.9 Å². The number of likely N-dealkylation sites (tertiary alicyclic amines) is 2. The Hall–Kier alpha value is -7.68. The van der Waals surface area contributed by atoms with Crippen molar-refractivity contribution in [3.8, 4) is 22.6 Å². The van der Waals surface area contributed by atoms with Crippen LogP contribution in [-0.4, -0.2) is 78.0 Å². The Morgan fingerprint density at radius 1 is 0.625 bits per heavy atom. The normalized spacial score (nSPS) is 22.6. The monoisotopic (exact) mass is 856 g/mol. The number of ether oxygens (including phenoxy) is 2. The quantitative estimate of drug-likeness (QED) is 0.0850. The number of piperidine rings is 2. The van der Waals surface area contributed by atoms with Crippen molar-refractivity contribution in [1.29, 1.82) is 0 Å². The zero-order chi connectivity index (χ0) is 43.6. The molecule has 15 heteroatoms. The van der Waals surface area contributed by atoms with Crippen LogP contribution in [0.1, 0.15) is 72.6 Å². The number of imidazole rings is 2. The van der Waals surface area contributed by atoms with Crippen molar-refractivity contribution in [3.05, 3.63) is 144 Å². The van der Waals surface area contributed by atoms with E-state index in [1.807, 2.05) is 107 Å². The summed E-state index contributed by atoms with van der Waals surface area (Å²) in [6.45, 7) is 0. The molecular formula is C49H44N8O7. The van der Waals surface area contributed by atoms with Gasteiger partial charge >= 0.3 is 12.2 Å². The average Bonchev–Trinajstić information content (AvgIpc) is 3.98. The minimum Gasteiger partial charge on any atom is -0.465 e. The third-order valence-electron chi connectivity index (χ3n) is 13.2. The number of benzene rings is 5. The molecule has 322 valence electrons. The second kappa shape index (κ2) is 15.6. The molecule has 2 aliphatic heterocycles. The van der Waals surface area contributed by atoms with E-state index in [0.29, 0.717) is 46.1 Å².